The summed E-state index contributed by atoms with van der Waals surface area (Å²) in [6.07, 6.45) is 6.24. The Labute approximate surface area is 217 Å². The Morgan fingerprint density at radius 2 is 1.14 bits per heavy atom. The number of rotatable bonds is 12. The number of hydrogen-bond donors (Lipinski definition) is 2. The average molecular weight is 505 g/mol. The summed E-state index contributed by atoms with van der Waals surface area (Å²) in [6.45, 7) is 1.79. The fourth-order valence-electron chi connectivity index (χ4n) is 4.42. The van der Waals surface area contributed by atoms with Crippen molar-refractivity contribution >= 4 is 33.7 Å². The number of esters is 2. The SMILES string of the molecule is CN(C)CCc1c[nH]c2cccc(OC(=O)CCCC(=O)Oc3cccc4[nH]cc(CCN(C)C)c34)c12. The minimum atomic E-state index is -0.362. The lowest BCUT2D eigenvalue weighted by atomic mass is 10.1. The molecule has 0 aliphatic carbocycles. The number of hydrogen-bond acceptors (Lipinski definition) is 6. The van der Waals surface area contributed by atoms with Crippen LogP contribution in [0.25, 0.3) is 21.8 Å². The molecule has 2 N–H and O–H groups in total. The molecule has 0 saturated carbocycles. The minimum absolute atomic E-state index is 0.130. The Hall–Kier alpha value is -3.62. The van der Waals surface area contributed by atoms with Crippen LogP contribution in [0.4, 0.5) is 0 Å². The van der Waals surface area contributed by atoms with E-state index in [4.69, 9.17) is 9.47 Å². The molecule has 0 radical (unpaired) electrons. The highest BCUT2D eigenvalue weighted by atomic mass is 16.5. The van der Waals surface area contributed by atoms with Crippen LogP contribution in [-0.4, -0.2) is 73.0 Å². The van der Waals surface area contributed by atoms with Crippen molar-refractivity contribution in [2.24, 2.45) is 0 Å². The van der Waals surface area contributed by atoms with Crippen LogP contribution in [0.5, 0.6) is 11.5 Å². The molecule has 0 fully saturated rings. The summed E-state index contributed by atoms with van der Waals surface area (Å²) in [6, 6.07) is 11.3. The number of carbonyl (C=O) groups is 2. The Balaban J connectivity index is 1.33. The zero-order chi connectivity index (χ0) is 26.4. The zero-order valence-corrected chi connectivity index (χ0v) is 22.1. The summed E-state index contributed by atoms with van der Waals surface area (Å²) in [7, 11) is 8.13. The van der Waals surface area contributed by atoms with Gasteiger partial charge in [0.25, 0.3) is 0 Å². The predicted octanol–water partition coefficient (Wildman–Crippen LogP) is 4.54. The van der Waals surface area contributed by atoms with Crippen LogP contribution in [0.2, 0.25) is 0 Å². The molecule has 0 aliphatic heterocycles. The van der Waals surface area contributed by atoms with Gasteiger partial charge in [-0.15, -0.1) is 0 Å². The molecule has 37 heavy (non-hydrogen) atoms. The van der Waals surface area contributed by atoms with Crippen LogP contribution in [0.3, 0.4) is 0 Å². The predicted molar refractivity (Wildman–Crippen MR) is 146 cm³/mol. The number of aromatic amines is 2. The first-order chi connectivity index (χ1) is 17.8. The number of H-pyrrole nitrogens is 2. The molecule has 8 heteroatoms. The molecule has 0 aliphatic rings. The van der Waals surface area contributed by atoms with Crippen molar-refractivity contribution in [3.8, 4) is 11.5 Å². The zero-order valence-electron chi connectivity index (χ0n) is 22.1. The van der Waals surface area contributed by atoms with Crippen molar-refractivity contribution in [1.82, 2.24) is 19.8 Å². The van der Waals surface area contributed by atoms with Gasteiger partial charge in [-0.25, -0.2) is 0 Å². The number of carbonyl (C=O) groups excluding carboxylic acids is 2. The van der Waals surface area contributed by atoms with Crippen LogP contribution in [0.1, 0.15) is 30.4 Å². The minimum Gasteiger partial charge on any atom is -0.426 e. The molecule has 0 saturated heterocycles. The Morgan fingerprint density at radius 1 is 0.703 bits per heavy atom. The van der Waals surface area contributed by atoms with E-state index in [0.29, 0.717) is 17.9 Å². The molecule has 0 unspecified atom stereocenters. The molecule has 196 valence electrons. The first-order valence-electron chi connectivity index (χ1n) is 12.7. The number of ether oxygens (including phenoxy) is 2. The standard InChI is InChI=1S/C29H36N4O4/c1-32(2)16-14-20-18-30-22-8-5-10-24(28(20)22)36-26(34)12-7-13-27(35)37-25-11-6-9-23-29(25)21(19-31-23)15-17-33(3)4/h5-6,8-11,18-19,30-31H,7,12-17H2,1-4H3. The molecule has 0 spiro atoms. The first kappa shape index (κ1) is 26.4. The van der Waals surface area contributed by atoms with Crippen LogP contribution in [0, 0.1) is 0 Å². The maximum absolute atomic E-state index is 12.6. The summed E-state index contributed by atoms with van der Waals surface area (Å²) >= 11 is 0. The second-order valence-electron chi connectivity index (χ2n) is 9.89. The highest BCUT2D eigenvalue weighted by Gasteiger charge is 2.16. The lowest BCUT2D eigenvalue weighted by Crippen LogP contribution is -2.15. The molecule has 0 amide bonds. The van der Waals surface area contributed by atoms with Crippen molar-refractivity contribution in [1.29, 1.82) is 0 Å². The summed E-state index contributed by atoms with van der Waals surface area (Å²) < 4.78 is 11.4. The second kappa shape index (κ2) is 12.1. The Morgan fingerprint density at radius 3 is 1.54 bits per heavy atom. The van der Waals surface area contributed by atoms with Gasteiger partial charge in [0.2, 0.25) is 0 Å². The van der Waals surface area contributed by atoms with Gasteiger partial charge in [0.1, 0.15) is 11.5 Å². The number of fused-ring (bicyclic) bond motifs is 2. The Bertz CT molecular complexity index is 1270. The van der Waals surface area contributed by atoms with Gasteiger partial charge in [-0.3, -0.25) is 9.59 Å². The van der Waals surface area contributed by atoms with E-state index in [0.717, 1.165) is 58.9 Å². The number of nitrogens with one attached hydrogen (secondary N) is 2. The summed E-state index contributed by atoms with van der Waals surface area (Å²) in [5, 5.41) is 1.86. The van der Waals surface area contributed by atoms with Gasteiger partial charge >= 0.3 is 11.9 Å². The molecular weight excluding hydrogens is 468 g/mol. The molecule has 0 bridgehead atoms. The van der Waals surface area contributed by atoms with E-state index < -0.39 is 0 Å². The molecule has 4 aromatic rings. The molecule has 8 nitrogen and oxygen atoms in total. The lowest BCUT2D eigenvalue weighted by molar-refractivity contribution is -0.135. The largest absolute Gasteiger partial charge is 0.426 e. The third kappa shape index (κ3) is 6.78. The second-order valence-corrected chi connectivity index (χ2v) is 9.89. The van der Waals surface area contributed by atoms with E-state index in [2.05, 4.69) is 19.8 Å². The van der Waals surface area contributed by atoms with Gasteiger partial charge in [-0.1, -0.05) is 12.1 Å². The van der Waals surface area contributed by atoms with Crippen LogP contribution in [0.15, 0.2) is 48.8 Å². The third-order valence-electron chi connectivity index (χ3n) is 6.36. The van der Waals surface area contributed by atoms with Crippen molar-refractivity contribution in [3.05, 3.63) is 59.9 Å². The summed E-state index contributed by atoms with van der Waals surface area (Å²) in [5.74, 6) is 0.367. The monoisotopic (exact) mass is 504 g/mol. The Kier molecular flexibility index (Phi) is 8.63. The first-order valence-corrected chi connectivity index (χ1v) is 12.7. The normalized spacial score (nSPS) is 11.6. The van der Waals surface area contributed by atoms with Crippen molar-refractivity contribution in [2.45, 2.75) is 32.1 Å². The van der Waals surface area contributed by atoms with E-state index in [9.17, 15) is 9.59 Å². The molecule has 0 atom stereocenters. The maximum atomic E-state index is 12.6. The highest BCUT2D eigenvalue weighted by Crippen LogP contribution is 2.31. The van der Waals surface area contributed by atoms with Crippen LogP contribution in [-0.2, 0) is 22.4 Å². The molecule has 2 heterocycles. The number of likely N-dealkylation sites (N-methyl/N-ethyl adjacent to an activating group) is 2. The van der Waals surface area contributed by atoms with Crippen molar-refractivity contribution < 1.29 is 19.1 Å². The molecule has 4 rings (SSSR count). The van der Waals surface area contributed by atoms with Crippen molar-refractivity contribution in [2.75, 3.05) is 41.3 Å². The van der Waals surface area contributed by atoms with Crippen molar-refractivity contribution in [3.63, 3.8) is 0 Å². The molecular formula is C29H36N4O4. The fourth-order valence-corrected chi connectivity index (χ4v) is 4.42. The molecule has 2 aromatic carbocycles. The van der Waals surface area contributed by atoms with Gasteiger partial charge in [0.15, 0.2) is 0 Å². The number of aromatic nitrogens is 2. The van der Waals surface area contributed by atoms with E-state index in [1.165, 1.54) is 0 Å². The summed E-state index contributed by atoms with van der Waals surface area (Å²) in [5.41, 5.74) is 4.09. The van der Waals surface area contributed by atoms with E-state index in [1.807, 2.05) is 77.0 Å². The van der Waals surface area contributed by atoms with E-state index in [-0.39, 0.29) is 24.8 Å². The number of benzene rings is 2. The maximum Gasteiger partial charge on any atom is 0.311 e. The van der Waals surface area contributed by atoms with Gasteiger partial charge in [-0.05, 0) is 82.8 Å². The van der Waals surface area contributed by atoms with Crippen LogP contribution < -0.4 is 9.47 Å². The highest BCUT2D eigenvalue weighted by molar-refractivity contribution is 5.92. The van der Waals surface area contributed by atoms with Gasteiger partial charge in [0.05, 0.1) is 0 Å². The van der Waals surface area contributed by atoms with E-state index >= 15 is 0 Å². The third-order valence-corrected chi connectivity index (χ3v) is 6.36. The van der Waals surface area contributed by atoms with Crippen LogP contribution >= 0.6 is 0 Å². The fraction of sp³-hybridized carbons (Fsp3) is 0.379. The smallest absolute Gasteiger partial charge is 0.311 e. The van der Waals surface area contributed by atoms with Gasteiger partial charge in [0, 0.05) is 60.1 Å². The topological polar surface area (TPSA) is 90.7 Å². The van der Waals surface area contributed by atoms with E-state index in [1.54, 1.807) is 0 Å². The molecule has 2 aromatic heterocycles. The number of nitrogens with zero attached hydrogens (tertiary/aromatic N) is 2. The van der Waals surface area contributed by atoms with Gasteiger partial charge in [-0.2, -0.15) is 0 Å². The lowest BCUT2D eigenvalue weighted by Gasteiger charge is -2.11. The summed E-state index contributed by atoms with van der Waals surface area (Å²) in [4.78, 5) is 36.0. The average Bonchev–Trinajstić information content (AvgIpc) is 3.46. The van der Waals surface area contributed by atoms with Gasteiger partial charge < -0.3 is 29.2 Å². The quantitative estimate of drug-likeness (QED) is 0.218.